The lowest BCUT2D eigenvalue weighted by Gasteiger charge is -2.25. The minimum Gasteiger partial charge on any atom is -1.00 e. The lowest BCUT2D eigenvalue weighted by Crippen LogP contribution is -3.00. The summed E-state index contributed by atoms with van der Waals surface area (Å²) in [5.74, 6) is -1.15. The first-order chi connectivity index (χ1) is 10.4. The number of nitrogens with zero attached hydrogens (tertiary/aromatic N) is 2. The normalized spacial score (nSPS) is 18.2. The molecule has 148 valence electrons. The van der Waals surface area contributed by atoms with Crippen molar-refractivity contribution in [1.29, 1.82) is 0 Å². The number of allylic oxidation sites excluding steroid dienone is 1. The van der Waals surface area contributed by atoms with Crippen LogP contribution in [0, 0.1) is 11.3 Å². The Balaban J connectivity index is 0. The van der Waals surface area contributed by atoms with Crippen molar-refractivity contribution < 1.29 is 76.0 Å². The van der Waals surface area contributed by atoms with Crippen molar-refractivity contribution in [2.45, 2.75) is 6.42 Å². The SMILES string of the molecule is C=CC1CC1(C(=O)OCC[N+](C)(C)C)C(=O)OCC[N+](C)(C)C.[I-].[I-]. The van der Waals surface area contributed by atoms with E-state index in [1.165, 1.54) is 0 Å². The summed E-state index contributed by atoms with van der Waals surface area (Å²) in [5.41, 5.74) is -1.17. The number of quaternary nitrogens is 2. The fourth-order valence-corrected chi connectivity index (χ4v) is 2.21. The zero-order chi connectivity index (χ0) is 17.9. The molecule has 0 bridgehead atoms. The van der Waals surface area contributed by atoms with E-state index in [-0.39, 0.29) is 53.9 Å². The molecule has 1 saturated carbocycles. The number of rotatable bonds is 9. The van der Waals surface area contributed by atoms with Crippen LogP contribution in [0.5, 0.6) is 0 Å². The van der Waals surface area contributed by atoms with Crippen LogP contribution in [0.4, 0.5) is 0 Å². The van der Waals surface area contributed by atoms with Gasteiger partial charge in [0.25, 0.3) is 0 Å². The second-order valence-electron chi connectivity index (χ2n) is 8.32. The first-order valence-electron chi connectivity index (χ1n) is 8.00. The minimum absolute atomic E-state index is 0. The van der Waals surface area contributed by atoms with E-state index >= 15 is 0 Å². The smallest absolute Gasteiger partial charge is 0.324 e. The Morgan fingerprint density at radius 2 is 1.32 bits per heavy atom. The van der Waals surface area contributed by atoms with Gasteiger partial charge in [-0.2, -0.15) is 0 Å². The first-order valence-corrected chi connectivity index (χ1v) is 8.00. The van der Waals surface area contributed by atoms with E-state index in [2.05, 4.69) is 6.58 Å². The second-order valence-corrected chi connectivity index (χ2v) is 8.32. The van der Waals surface area contributed by atoms with Crippen molar-refractivity contribution >= 4 is 11.9 Å². The van der Waals surface area contributed by atoms with E-state index < -0.39 is 17.4 Å². The molecule has 25 heavy (non-hydrogen) atoms. The van der Waals surface area contributed by atoms with Crippen LogP contribution >= 0.6 is 0 Å². The molecular weight excluding hydrogens is 550 g/mol. The average Bonchev–Trinajstić information content (AvgIpc) is 3.11. The molecule has 0 aliphatic heterocycles. The van der Waals surface area contributed by atoms with Gasteiger partial charge in [0, 0.05) is 5.92 Å². The van der Waals surface area contributed by atoms with Gasteiger partial charge in [0.05, 0.1) is 42.3 Å². The molecule has 1 atom stereocenters. The number of carbonyl (C=O) groups excluding carboxylic acids is 2. The molecule has 0 aromatic carbocycles. The summed E-state index contributed by atoms with van der Waals surface area (Å²) in [4.78, 5) is 24.8. The molecule has 0 heterocycles. The molecule has 0 aromatic rings. The summed E-state index contributed by atoms with van der Waals surface area (Å²) in [5, 5.41) is 0. The molecule has 0 spiro atoms. The van der Waals surface area contributed by atoms with Gasteiger partial charge in [0.15, 0.2) is 5.41 Å². The largest absolute Gasteiger partial charge is 1.00 e. The van der Waals surface area contributed by atoms with Gasteiger partial charge in [-0.15, -0.1) is 6.58 Å². The monoisotopic (exact) mass is 582 g/mol. The Bertz CT molecular complexity index is 438. The maximum Gasteiger partial charge on any atom is 0.324 e. The van der Waals surface area contributed by atoms with Crippen molar-refractivity contribution in [2.75, 3.05) is 68.6 Å². The van der Waals surface area contributed by atoms with Crippen LogP contribution in [-0.4, -0.2) is 89.5 Å². The van der Waals surface area contributed by atoms with E-state index in [0.717, 1.165) is 0 Å². The number of likely N-dealkylation sites (N-methyl/N-ethyl adjacent to an activating group) is 2. The highest BCUT2D eigenvalue weighted by Crippen LogP contribution is 2.55. The quantitative estimate of drug-likeness (QED) is 0.0898. The summed E-state index contributed by atoms with van der Waals surface area (Å²) in [6, 6.07) is 0. The highest BCUT2D eigenvalue weighted by atomic mass is 127. The first kappa shape index (κ1) is 27.3. The Morgan fingerprint density at radius 3 is 1.56 bits per heavy atom. The molecule has 1 unspecified atom stereocenters. The highest BCUT2D eigenvalue weighted by molar-refractivity contribution is 6.04. The van der Waals surface area contributed by atoms with Crippen molar-refractivity contribution in [1.82, 2.24) is 0 Å². The number of hydrogen-bond donors (Lipinski definition) is 0. The number of esters is 2. The van der Waals surface area contributed by atoms with Crippen LogP contribution in [0.25, 0.3) is 0 Å². The fraction of sp³-hybridized carbons (Fsp3) is 0.765. The summed E-state index contributed by atoms with van der Waals surface area (Å²) < 4.78 is 12.1. The van der Waals surface area contributed by atoms with E-state index in [4.69, 9.17) is 9.47 Å². The molecule has 8 heteroatoms. The Kier molecular flexibility index (Phi) is 11.4. The van der Waals surface area contributed by atoms with E-state index in [1.807, 2.05) is 42.3 Å². The molecule has 0 aromatic heterocycles. The lowest BCUT2D eigenvalue weighted by molar-refractivity contribution is -0.870. The van der Waals surface area contributed by atoms with Crippen LogP contribution < -0.4 is 48.0 Å². The summed E-state index contributed by atoms with van der Waals surface area (Å²) in [7, 11) is 12.1. The molecule has 0 N–H and O–H groups in total. The zero-order valence-electron chi connectivity index (χ0n) is 16.2. The molecule has 1 aliphatic rings. The minimum atomic E-state index is -1.17. The molecular formula is C17H32I2N2O4. The van der Waals surface area contributed by atoms with Crippen molar-refractivity contribution in [3.63, 3.8) is 0 Å². The average molecular weight is 582 g/mol. The number of carbonyl (C=O) groups is 2. The third-order valence-corrected chi connectivity index (χ3v) is 4.02. The Hall–Kier alpha value is 0.0600. The number of hydrogen-bond acceptors (Lipinski definition) is 4. The van der Waals surface area contributed by atoms with Gasteiger partial charge in [0.2, 0.25) is 0 Å². The van der Waals surface area contributed by atoms with Gasteiger partial charge in [0.1, 0.15) is 26.3 Å². The number of halogens is 2. The zero-order valence-corrected chi connectivity index (χ0v) is 20.5. The van der Waals surface area contributed by atoms with E-state index in [9.17, 15) is 9.59 Å². The third-order valence-electron chi connectivity index (χ3n) is 4.02. The highest BCUT2D eigenvalue weighted by Gasteiger charge is 2.67. The van der Waals surface area contributed by atoms with E-state index in [1.54, 1.807) is 6.08 Å². The van der Waals surface area contributed by atoms with Gasteiger partial charge >= 0.3 is 11.9 Å². The van der Waals surface area contributed by atoms with Crippen molar-refractivity contribution in [3.8, 4) is 0 Å². The van der Waals surface area contributed by atoms with Crippen LogP contribution in [-0.2, 0) is 19.1 Å². The van der Waals surface area contributed by atoms with Crippen LogP contribution in [0.15, 0.2) is 12.7 Å². The maximum atomic E-state index is 12.4. The molecule has 1 fully saturated rings. The Labute approximate surface area is 186 Å². The van der Waals surface area contributed by atoms with Crippen molar-refractivity contribution in [3.05, 3.63) is 12.7 Å². The Morgan fingerprint density at radius 1 is 0.960 bits per heavy atom. The van der Waals surface area contributed by atoms with Crippen molar-refractivity contribution in [2.24, 2.45) is 11.3 Å². The maximum absolute atomic E-state index is 12.4. The van der Waals surface area contributed by atoms with Gasteiger partial charge in [-0.1, -0.05) is 6.08 Å². The third kappa shape index (κ3) is 8.53. The van der Waals surface area contributed by atoms with Gasteiger partial charge in [-0.25, -0.2) is 0 Å². The second kappa shape index (κ2) is 10.4. The molecule has 6 nitrogen and oxygen atoms in total. The van der Waals surface area contributed by atoms with Crippen LogP contribution in [0.2, 0.25) is 0 Å². The summed E-state index contributed by atoms with van der Waals surface area (Å²) in [6.07, 6.45) is 2.07. The predicted molar refractivity (Wildman–Crippen MR) is 88.5 cm³/mol. The fourth-order valence-electron chi connectivity index (χ4n) is 2.21. The molecule has 1 rings (SSSR count). The lowest BCUT2D eigenvalue weighted by atomic mass is 10.0. The standard InChI is InChI=1S/C17H32N2O4.2HI/c1-8-14-13-17(14,15(20)22-11-9-18(2,3)4)16(21)23-12-10-19(5,6)7;;/h8,14H,1,9-13H2,2-7H3;2*1H/q+2;;/p-2. The van der Waals surface area contributed by atoms with Crippen LogP contribution in [0.3, 0.4) is 0 Å². The van der Waals surface area contributed by atoms with Gasteiger partial charge in [-0.3, -0.25) is 9.59 Å². The summed E-state index contributed by atoms with van der Waals surface area (Å²) in [6.45, 7) is 5.67. The molecule has 0 radical (unpaired) electrons. The molecule has 0 saturated heterocycles. The predicted octanol–water partition coefficient (Wildman–Crippen LogP) is -5.31. The van der Waals surface area contributed by atoms with Crippen LogP contribution in [0.1, 0.15) is 6.42 Å². The number of ether oxygens (including phenoxy) is 2. The molecule has 1 aliphatic carbocycles. The summed E-state index contributed by atoms with van der Waals surface area (Å²) >= 11 is 0. The van der Waals surface area contributed by atoms with Gasteiger partial charge < -0.3 is 66.4 Å². The van der Waals surface area contributed by atoms with E-state index in [0.29, 0.717) is 41.7 Å². The topological polar surface area (TPSA) is 52.6 Å². The van der Waals surface area contributed by atoms with Gasteiger partial charge in [-0.05, 0) is 6.42 Å². The molecule has 0 amide bonds.